The molecule has 1 aromatic heterocycles. The molecule has 2 aromatic rings. The van der Waals surface area contributed by atoms with Crippen LogP contribution in [0.5, 0.6) is 0 Å². The minimum absolute atomic E-state index is 0.150. The molecule has 128 valence electrons. The third-order valence-corrected chi connectivity index (χ3v) is 4.48. The highest BCUT2D eigenvalue weighted by atomic mass is 19.1. The second-order valence-electron chi connectivity index (χ2n) is 6.08. The molecular weight excluding hydrogens is 307 g/mol. The number of nitrogen functional groups attached to an aromatic ring is 1. The molecular formula is C18H23FN4O. The highest BCUT2D eigenvalue weighted by Crippen LogP contribution is 2.35. The fourth-order valence-corrected chi connectivity index (χ4v) is 3.32. The molecule has 0 aliphatic carbocycles. The zero-order valence-corrected chi connectivity index (χ0v) is 13.9. The summed E-state index contributed by atoms with van der Waals surface area (Å²) in [7, 11) is 1.71. The number of likely N-dealkylation sites (tertiary alicyclic amines) is 1. The number of hydrogen-bond donors (Lipinski definition) is 1. The molecule has 0 bridgehead atoms. The number of aromatic nitrogens is 2. The normalized spacial score (nSPS) is 18.7. The summed E-state index contributed by atoms with van der Waals surface area (Å²) >= 11 is 0. The summed E-state index contributed by atoms with van der Waals surface area (Å²) in [5.74, 6) is -0.0161. The van der Waals surface area contributed by atoms with Gasteiger partial charge in [-0.2, -0.15) is 0 Å². The molecule has 6 heteroatoms. The summed E-state index contributed by atoms with van der Waals surface area (Å²) in [5.41, 5.74) is 8.35. The Labute approximate surface area is 141 Å². The lowest BCUT2D eigenvalue weighted by Crippen LogP contribution is -2.36. The predicted octanol–water partition coefficient (Wildman–Crippen LogP) is 3.04. The van der Waals surface area contributed by atoms with Gasteiger partial charge in [0.25, 0.3) is 0 Å². The molecule has 0 unspecified atom stereocenters. The predicted molar refractivity (Wildman–Crippen MR) is 91.9 cm³/mol. The van der Waals surface area contributed by atoms with Crippen molar-refractivity contribution in [2.45, 2.75) is 25.3 Å². The van der Waals surface area contributed by atoms with Gasteiger partial charge >= 0.3 is 0 Å². The Morgan fingerprint density at radius 1 is 1.38 bits per heavy atom. The number of ether oxygens (including phenoxy) is 1. The molecule has 0 spiro atoms. The van der Waals surface area contributed by atoms with Crippen LogP contribution >= 0.6 is 0 Å². The van der Waals surface area contributed by atoms with Gasteiger partial charge < -0.3 is 10.5 Å². The number of halogens is 1. The summed E-state index contributed by atoms with van der Waals surface area (Å²) in [6, 6.07) is 6.68. The molecule has 3 rings (SSSR count). The van der Waals surface area contributed by atoms with E-state index in [0.29, 0.717) is 6.61 Å². The molecule has 24 heavy (non-hydrogen) atoms. The number of anilines is 1. The van der Waals surface area contributed by atoms with Crippen molar-refractivity contribution in [3.8, 4) is 11.1 Å². The van der Waals surface area contributed by atoms with E-state index in [4.69, 9.17) is 10.5 Å². The smallest absolute Gasteiger partial charge is 0.220 e. The summed E-state index contributed by atoms with van der Waals surface area (Å²) in [6.45, 7) is 2.51. The first-order valence-electron chi connectivity index (χ1n) is 8.30. The van der Waals surface area contributed by atoms with Gasteiger partial charge in [-0.3, -0.25) is 4.90 Å². The lowest BCUT2D eigenvalue weighted by Gasteiger charge is -2.36. The van der Waals surface area contributed by atoms with Crippen molar-refractivity contribution in [3.05, 3.63) is 42.0 Å². The summed E-state index contributed by atoms with van der Waals surface area (Å²) in [5, 5.41) is 0. The molecule has 0 radical (unpaired) electrons. The van der Waals surface area contributed by atoms with Gasteiger partial charge in [-0.05, 0) is 37.1 Å². The van der Waals surface area contributed by atoms with Crippen molar-refractivity contribution in [1.82, 2.24) is 14.9 Å². The van der Waals surface area contributed by atoms with E-state index in [-0.39, 0.29) is 17.8 Å². The second-order valence-corrected chi connectivity index (χ2v) is 6.08. The van der Waals surface area contributed by atoms with E-state index in [1.807, 2.05) is 6.07 Å². The molecule has 5 nitrogen and oxygen atoms in total. The molecule has 1 saturated heterocycles. The minimum atomic E-state index is -0.268. The van der Waals surface area contributed by atoms with Gasteiger partial charge in [0.15, 0.2) is 0 Å². The van der Waals surface area contributed by atoms with Gasteiger partial charge in [0.05, 0.1) is 18.3 Å². The maximum absolute atomic E-state index is 13.7. The second kappa shape index (κ2) is 7.68. The third kappa shape index (κ3) is 3.71. The molecule has 0 amide bonds. The fourth-order valence-electron chi connectivity index (χ4n) is 3.32. The summed E-state index contributed by atoms with van der Waals surface area (Å²) in [4.78, 5) is 11.0. The van der Waals surface area contributed by atoms with E-state index in [1.54, 1.807) is 19.4 Å². The van der Waals surface area contributed by atoms with E-state index in [9.17, 15) is 4.39 Å². The Hall–Kier alpha value is -2.05. The minimum Gasteiger partial charge on any atom is -0.383 e. The Morgan fingerprint density at radius 3 is 3.04 bits per heavy atom. The Balaban J connectivity index is 2.00. The highest BCUT2D eigenvalue weighted by Gasteiger charge is 2.27. The van der Waals surface area contributed by atoms with Crippen molar-refractivity contribution < 1.29 is 9.13 Å². The fraction of sp³-hybridized carbons (Fsp3) is 0.444. The van der Waals surface area contributed by atoms with Crippen molar-refractivity contribution >= 4 is 5.95 Å². The maximum atomic E-state index is 13.7. The maximum Gasteiger partial charge on any atom is 0.220 e. The first-order valence-corrected chi connectivity index (χ1v) is 8.30. The van der Waals surface area contributed by atoms with Crippen LogP contribution in [0.1, 0.15) is 31.0 Å². The third-order valence-electron chi connectivity index (χ3n) is 4.48. The Kier molecular flexibility index (Phi) is 5.37. The zero-order chi connectivity index (χ0) is 16.9. The average Bonchev–Trinajstić information content (AvgIpc) is 2.60. The van der Waals surface area contributed by atoms with E-state index in [0.717, 1.165) is 49.2 Å². The van der Waals surface area contributed by atoms with Crippen molar-refractivity contribution in [3.63, 3.8) is 0 Å². The largest absolute Gasteiger partial charge is 0.383 e. The molecule has 1 atom stereocenters. The summed E-state index contributed by atoms with van der Waals surface area (Å²) < 4.78 is 18.9. The Morgan fingerprint density at radius 2 is 2.25 bits per heavy atom. The first kappa shape index (κ1) is 16.8. The van der Waals surface area contributed by atoms with Crippen LogP contribution in [0.3, 0.4) is 0 Å². The van der Waals surface area contributed by atoms with Crippen LogP contribution < -0.4 is 5.73 Å². The van der Waals surface area contributed by atoms with Crippen molar-refractivity contribution in [2.75, 3.05) is 32.5 Å². The number of hydrogen-bond acceptors (Lipinski definition) is 5. The standard InChI is InChI=1S/C18H23FN4O/c1-24-10-9-23-8-3-2-7-16(23)17-15(12-21-18(20)22-17)13-5-4-6-14(19)11-13/h4-6,11-12,16H,2-3,7-10H2,1H3,(H2,20,21,22)/t16-/m1/s1. The van der Waals surface area contributed by atoms with Crippen LogP contribution in [-0.4, -0.2) is 41.7 Å². The van der Waals surface area contributed by atoms with Crippen LogP contribution in [0.2, 0.25) is 0 Å². The number of rotatable bonds is 5. The van der Waals surface area contributed by atoms with Crippen LogP contribution in [0.4, 0.5) is 10.3 Å². The van der Waals surface area contributed by atoms with Crippen LogP contribution in [0.15, 0.2) is 30.5 Å². The highest BCUT2D eigenvalue weighted by molar-refractivity contribution is 5.66. The van der Waals surface area contributed by atoms with Crippen LogP contribution in [-0.2, 0) is 4.74 Å². The van der Waals surface area contributed by atoms with Crippen LogP contribution in [0, 0.1) is 5.82 Å². The zero-order valence-electron chi connectivity index (χ0n) is 13.9. The molecule has 1 aliphatic rings. The van der Waals surface area contributed by atoms with Crippen molar-refractivity contribution in [2.24, 2.45) is 0 Å². The first-order chi connectivity index (χ1) is 11.7. The van der Waals surface area contributed by atoms with E-state index in [2.05, 4.69) is 14.9 Å². The number of methoxy groups -OCH3 is 1. The molecule has 0 saturated carbocycles. The molecule has 2 heterocycles. The van der Waals surface area contributed by atoms with Gasteiger partial charge in [0, 0.05) is 25.4 Å². The van der Waals surface area contributed by atoms with Crippen molar-refractivity contribution in [1.29, 1.82) is 0 Å². The van der Waals surface area contributed by atoms with Crippen LogP contribution in [0.25, 0.3) is 11.1 Å². The summed E-state index contributed by atoms with van der Waals surface area (Å²) in [6.07, 6.45) is 5.01. The van der Waals surface area contributed by atoms with E-state index in [1.165, 1.54) is 12.1 Å². The van der Waals surface area contributed by atoms with Gasteiger partial charge in [-0.1, -0.05) is 18.6 Å². The lowest BCUT2D eigenvalue weighted by molar-refractivity contribution is 0.0945. The number of nitrogens with two attached hydrogens (primary N) is 1. The molecule has 2 N–H and O–H groups in total. The average molecular weight is 330 g/mol. The van der Waals surface area contributed by atoms with Gasteiger partial charge in [-0.15, -0.1) is 0 Å². The molecule has 1 fully saturated rings. The molecule has 1 aliphatic heterocycles. The number of benzene rings is 1. The quantitative estimate of drug-likeness (QED) is 0.913. The SMILES string of the molecule is COCCN1CCCC[C@@H]1c1nc(N)ncc1-c1cccc(F)c1. The number of piperidine rings is 1. The Bertz CT molecular complexity index is 694. The van der Waals surface area contributed by atoms with E-state index >= 15 is 0 Å². The van der Waals surface area contributed by atoms with Gasteiger partial charge in [0.1, 0.15) is 5.82 Å². The van der Waals surface area contributed by atoms with E-state index < -0.39 is 0 Å². The van der Waals surface area contributed by atoms with Gasteiger partial charge in [0.2, 0.25) is 5.95 Å². The lowest BCUT2D eigenvalue weighted by atomic mass is 9.94. The topological polar surface area (TPSA) is 64.3 Å². The monoisotopic (exact) mass is 330 g/mol. The van der Waals surface area contributed by atoms with Gasteiger partial charge in [-0.25, -0.2) is 14.4 Å². The number of nitrogens with zero attached hydrogens (tertiary/aromatic N) is 3. The molecule has 1 aromatic carbocycles.